The van der Waals surface area contributed by atoms with E-state index in [-0.39, 0.29) is 19.2 Å². The van der Waals surface area contributed by atoms with Crippen molar-refractivity contribution in [2.75, 3.05) is 13.2 Å². The van der Waals surface area contributed by atoms with Gasteiger partial charge in [0.05, 0.1) is 6.61 Å². The second kappa shape index (κ2) is 133. The first kappa shape index (κ1) is 66.4. The largest absolute Gasteiger partial charge is 0.463 e. The van der Waals surface area contributed by atoms with Crippen LogP contribution in [-0.2, 0) is 9.53 Å². The Labute approximate surface area is 261 Å². The van der Waals surface area contributed by atoms with Crippen LogP contribution in [0.15, 0.2) is 118 Å². The van der Waals surface area contributed by atoms with Crippen LogP contribution in [0.2, 0.25) is 0 Å². The van der Waals surface area contributed by atoms with Gasteiger partial charge in [-0.3, -0.25) is 4.79 Å². The van der Waals surface area contributed by atoms with Gasteiger partial charge in [-0.25, -0.2) is 0 Å². The Morgan fingerprint density at radius 3 is 0.878 bits per heavy atom. The average Bonchev–Trinajstić information content (AvgIpc) is 3.10. The fourth-order valence-corrected chi connectivity index (χ4v) is 2.87. The Morgan fingerprint density at radius 1 is 0.439 bits per heavy atom. The van der Waals surface area contributed by atoms with Crippen LogP contribution in [0.4, 0.5) is 0 Å². The van der Waals surface area contributed by atoms with Gasteiger partial charge in [-0.2, -0.15) is 0 Å². The van der Waals surface area contributed by atoms with Gasteiger partial charge in [0.1, 0.15) is 6.61 Å². The smallest absolute Gasteiger partial charge is 0.305 e. The summed E-state index contributed by atoms with van der Waals surface area (Å²) in [6.07, 6.45) is 20.4. The molecular weight excluding hydrogens is 504 g/mol. The zero-order valence-electron chi connectivity index (χ0n) is 28.2. The van der Waals surface area contributed by atoms with Crippen LogP contribution in [0.3, 0.4) is 0 Å². The lowest BCUT2D eigenvalue weighted by molar-refractivity contribution is -0.144. The predicted octanol–water partition coefficient (Wildman–Crippen LogP) is 13.0. The molecule has 0 spiro atoms. The van der Waals surface area contributed by atoms with Crippen molar-refractivity contribution in [2.24, 2.45) is 0 Å². The molecule has 0 rings (SSSR count). The molecule has 0 aliphatic rings. The van der Waals surface area contributed by atoms with Gasteiger partial charge in [0.25, 0.3) is 0 Å². The Balaban J connectivity index is -0.0000000563. The van der Waals surface area contributed by atoms with E-state index in [0.717, 1.165) is 12.8 Å². The summed E-state index contributed by atoms with van der Waals surface area (Å²) in [4.78, 5) is 11.2. The number of rotatable bonds is 18. The highest BCUT2D eigenvalue weighted by Gasteiger charge is 2.01. The van der Waals surface area contributed by atoms with Crippen molar-refractivity contribution in [3.05, 3.63) is 118 Å². The molecule has 0 atom stereocenters. The number of esters is 1. The van der Waals surface area contributed by atoms with Crippen LogP contribution >= 0.6 is 0 Å². The zero-order valence-corrected chi connectivity index (χ0v) is 28.2. The minimum Gasteiger partial charge on any atom is -0.463 e. The fraction of sp³-hybridized carbons (Fsp3) is 0.500. The molecule has 0 saturated carbocycles. The molecule has 0 aromatic carbocycles. The van der Waals surface area contributed by atoms with E-state index in [1.165, 1.54) is 83.5 Å². The number of hydrogen-bond acceptors (Lipinski definition) is 3. The number of hydrogen-bond donors (Lipinski definition) is 1. The van der Waals surface area contributed by atoms with Crippen molar-refractivity contribution in [1.29, 1.82) is 0 Å². The van der Waals surface area contributed by atoms with Gasteiger partial charge >= 0.3 is 5.97 Å². The second-order valence-corrected chi connectivity index (χ2v) is 6.64. The number of carbonyl (C=O) groups excluding carboxylic acids is 1. The summed E-state index contributed by atoms with van der Waals surface area (Å²) in [6, 6.07) is 0. The molecule has 0 fully saturated rings. The summed E-state index contributed by atoms with van der Waals surface area (Å²) in [5.74, 6) is -0.172. The number of ether oxygens (including phenoxy) is 1. The standard InChI is InChI=1S/C20H40O3.9C2H4/c1-2-3-4-5-6-7-8-9-10-11-12-13-14-15-16-17-20(22)23-19-18-21;9*1-2/h21H,2-19H2,1H3;9*1-2H2. The van der Waals surface area contributed by atoms with Crippen LogP contribution in [0, 0.1) is 0 Å². The fourth-order valence-electron chi connectivity index (χ4n) is 2.87. The molecule has 3 nitrogen and oxygen atoms in total. The molecule has 0 unspecified atom stereocenters. The molecule has 0 aliphatic carbocycles. The van der Waals surface area contributed by atoms with Crippen LogP contribution in [-0.4, -0.2) is 24.3 Å². The third kappa shape index (κ3) is 140. The average molecular weight is 581 g/mol. The van der Waals surface area contributed by atoms with Crippen molar-refractivity contribution in [3.63, 3.8) is 0 Å². The molecule has 0 amide bonds. The first-order chi connectivity index (χ1) is 20.3. The molecule has 0 saturated heterocycles. The third-order valence-corrected chi connectivity index (χ3v) is 4.34. The number of aliphatic hydroxyl groups is 1. The third-order valence-electron chi connectivity index (χ3n) is 4.34. The first-order valence-electron chi connectivity index (χ1n) is 14.6. The van der Waals surface area contributed by atoms with Gasteiger partial charge in [-0.05, 0) is 6.42 Å². The van der Waals surface area contributed by atoms with Gasteiger partial charge in [0.15, 0.2) is 0 Å². The van der Waals surface area contributed by atoms with E-state index in [1.54, 1.807) is 0 Å². The number of aliphatic hydroxyl groups excluding tert-OH is 1. The Hall–Kier alpha value is -2.91. The predicted molar refractivity (Wildman–Crippen MR) is 199 cm³/mol. The Kier molecular flexibility index (Phi) is 215. The number of unbranched alkanes of at least 4 members (excludes halogenated alkanes) is 14. The van der Waals surface area contributed by atoms with E-state index in [4.69, 9.17) is 9.84 Å². The lowest BCUT2D eigenvalue weighted by Crippen LogP contribution is -2.07. The van der Waals surface area contributed by atoms with Gasteiger partial charge < -0.3 is 9.84 Å². The van der Waals surface area contributed by atoms with Crippen LogP contribution in [0.1, 0.15) is 110 Å². The van der Waals surface area contributed by atoms with Gasteiger partial charge in [0, 0.05) is 6.42 Å². The molecule has 3 heteroatoms. The summed E-state index contributed by atoms with van der Waals surface area (Å²) < 4.78 is 4.82. The quantitative estimate of drug-likeness (QED) is 0.0996. The molecule has 246 valence electrons. The maximum absolute atomic E-state index is 11.2. The molecular formula is C38H76O3. The van der Waals surface area contributed by atoms with Crippen LogP contribution < -0.4 is 0 Å². The van der Waals surface area contributed by atoms with Crippen molar-refractivity contribution in [3.8, 4) is 0 Å². The maximum atomic E-state index is 11.2. The van der Waals surface area contributed by atoms with E-state index in [2.05, 4.69) is 125 Å². The summed E-state index contributed by atoms with van der Waals surface area (Å²) in [6.45, 7) is 56.3. The molecule has 0 aromatic heterocycles. The molecule has 41 heavy (non-hydrogen) atoms. The summed E-state index contributed by atoms with van der Waals surface area (Å²) in [5.41, 5.74) is 0. The topological polar surface area (TPSA) is 46.5 Å². The van der Waals surface area contributed by atoms with Gasteiger partial charge in [-0.1, -0.05) is 96.8 Å². The van der Waals surface area contributed by atoms with Crippen molar-refractivity contribution in [2.45, 2.75) is 110 Å². The monoisotopic (exact) mass is 581 g/mol. The minimum absolute atomic E-state index is 0.0788. The molecule has 0 heterocycles. The Bertz CT molecular complexity index is 329. The molecule has 0 aromatic rings. The zero-order chi connectivity index (χ0) is 35.0. The van der Waals surface area contributed by atoms with E-state index in [9.17, 15) is 4.79 Å². The van der Waals surface area contributed by atoms with E-state index >= 15 is 0 Å². The van der Waals surface area contributed by atoms with Crippen molar-refractivity contribution < 1.29 is 14.6 Å². The van der Waals surface area contributed by atoms with Crippen LogP contribution in [0.5, 0.6) is 0 Å². The highest BCUT2D eigenvalue weighted by Crippen LogP contribution is 2.13. The lowest BCUT2D eigenvalue weighted by atomic mass is 10.0. The first-order valence-corrected chi connectivity index (χ1v) is 14.6. The SMILES string of the molecule is C=C.C=C.C=C.C=C.C=C.C=C.C=C.C=C.C=C.CCCCCCCCCCCCCCCCCC(=O)OCCO. The van der Waals surface area contributed by atoms with Gasteiger partial charge in [0.2, 0.25) is 0 Å². The Morgan fingerprint density at radius 2 is 0.659 bits per heavy atom. The number of carbonyl (C=O) groups is 1. The maximum Gasteiger partial charge on any atom is 0.305 e. The summed E-state index contributed by atoms with van der Waals surface area (Å²) >= 11 is 0. The molecule has 0 aliphatic heterocycles. The highest BCUT2D eigenvalue weighted by atomic mass is 16.5. The second-order valence-electron chi connectivity index (χ2n) is 6.64. The highest BCUT2D eigenvalue weighted by molar-refractivity contribution is 5.69. The summed E-state index contributed by atoms with van der Waals surface area (Å²) in [5, 5.41) is 8.54. The molecule has 0 radical (unpaired) electrons. The lowest BCUT2D eigenvalue weighted by Gasteiger charge is -2.04. The van der Waals surface area contributed by atoms with Crippen molar-refractivity contribution in [1.82, 2.24) is 0 Å². The van der Waals surface area contributed by atoms with E-state index in [0.29, 0.717) is 6.42 Å². The summed E-state index contributed by atoms with van der Waals surface area (Å²) in [7, 11) is 0. The van der Waals surface area contributed by atoms with E-state index < -0.39 is 0 Å². The minimum atomic E-state index is -0.172. The van der Waals surface area contributed by atoms with Crippen LogP contribution in [0.25, 0.3) is 0 Å². The van der Waals surface area contributed by atoms with Gasteiger partial charge in [-0.15, -0.1) is 118 Å². The molecule has 1 N–H and O–H groups in total. The molecule has 0 bridgehead atoms. The normalized spacial score (nSPS) is 6.98. The van der Waals surface area contributed by atoms with Crippen molar-refractivity contribution >= 4 is 5.97 Å². The van der Waals surface area contributed by atoms with E-state index in [1.807, 2.05) is 0 Å².